The van der Waals surface area contributed by atoms with Crippen molar-refractivity contribution in [2.45, 2.75) is 20.4 Å². The summed E-state index contributed by atoms with van der Waals surface area (Å²) in [5, 5.41) is 11.2. The van der Waals surface area contributed by atoms with Gasteiger partial charge in [0.2, 0.25) is 5.89 Å². The van der Waals surface area contributed by atoms with Crippen LogP contribution in [0.25, 0.3) is 32.9 Å². The number of oxazole rings is 1. The van der Waals surface area contributed by atoms with Crippen molar-refractivity contribution in [2.24, 2.45) is 0 Å². The van der Waals surface area contributed by atoms with E-state index in [4.69, 9.17) is 13.7 Å². The normalized spacial score (nSPS) is 11.3. The first-order valence-electron chi connectivity index (χ1n) is 9.57. The number of hydrogen-bond donors (Lipinski definition) is 0. The maximum Gasteiger partial charge on any atom is 0.297 e. The number of benzene rings is 1. The summed E-state index contributed by atoms with van der Waals surface area (Å²) in [6, 6.07) is 11.4. The average molecular weight is 434 g/mol. The van der Waals surface area contributed by atoms with E-state index >= 15 is 0 Å². The SMILES string of the molecule is COc1cccc(-c2nn(Cc3nc(-c4cccs4)oc3C)c(=O)c3noc(C)c23)c1. The number of nitrogens with zero attached hydrogens (tertiary/aromatic N) is 4. The number of ether oxygens (including phenoxy) is 1. The van der Waals surface area contributed by atoms with E-state index in [1.807, 2.05) is 48.7 Å². The van der Waals surface area contributed by atoms with E-state index in [-0.39, 0.29) is 17.6 Å². The fraction of sp³-hybridized carbons (Fsp3) is 0.182. The fourth-order valence-corrected chi connectivity index (χ4v) is 4.09. The van der Waals surface area contributed by atoms with Gasteiger partial charge in [-0.15, -0.1) is 11.3 Å². The second-order valence-corrected chi connectivity index (χ2v) is 7.95. The highest BCUT2D eigenvalue weighted by Crippen LogP contribution is 2.30. The Morgan fingerprint density at radius 1 is 1.16 bits per heavy atom. The molecule has 0 N–H and O–H groups in total. The van der Waals surface area contributed by atoms with Crippen LogP contribution in [0.4, 0.5) is 0 Å². The molecule has 31 heavy (non-hydrogen) atoms. The zero-order valence-electron chi connectivity index (χ0n) is 17.1. The van der Waals surface area contributed by atoms with Crippen molar-refractivity contribution in [3.63, 3.8) is 0 Å². The average Bonchev–Trinajstić information content (AvgIpc) is 3.52. The number of rotatable bonds is 5. The highest BCUT2D eigenvalue weighted by atomic mass is 32.1. The zero-order valence-corrected chi connectivity index (χ0v) is 17.9. The molecule has 0 amide bonds. The molecule has 5 rings (SSSR count). The molecule has 0 unspecified atom stereocenters. The van der Waals surface area contributed by atoms with Crippen LogP contribution < -0.4 is 10.3 Å². The second-order valence-electron chi connectivity index (χ2n) is 7.00. The molecular weight excluding hydrogens is 416 g/mol. The van der Waals surface area contributed by atoms with Gasteiger partial charge in [0, 0.05) is 5.56 Å². The highest BCUT2D eigenvalue weighted by Gasteiger charge is 2.21. The Morgan fingerprint density at radius 2 is 2.03 bits per heavy atom. The van der Waals surface area contributed by atoms with E-state index in [1.54, 1.807) is 25.4 Å². The standard InChI is InChI=1S/C22H18N4O4S/c1-12-16(23-21(29-12)17-8-5-9-31-17)11-26-22(27)20-18(13(2)30-25-20)19(24-26)14-6-4-7-15(10-14)28-3/h4-10H,11H2,1-3H3. The minimum atomic E-state index is -0.349. The lowest BCUT2D eigenvalue weighted by molar-refractivity contribution is 0.405. The van der Waals surface area contributed by atoms with E-state index in [0.29, 0.717) is 39.9 Å². The first-order chi connectivity index (χ1) is 15.0. The molecule has 0 atom stereocenters. The minimum absolute atomic E-state index is 0.151. The third-order valence-electron chi connectivity index (χ3n) is 5.02. The quantitative estimate of drug-likeness (QED) is 0.403. The van der Waals surface area contributed by atoms with Crippen LogP contribution in [0.2, 0.25) is 0 Å². The molecule has 5 aromatic rings. The lowest BCUT2D eigenvalue weighted by Gasteiger charge is -2.09. The maximum absolute atomic E-state index is 13.1. The Morgan fingerprint density at radius 3 is 2.81 bits per heavy atom. The first-order valence-corrected chi connectivity index (χ1v) is 10.4. The largest absolute Gasteiger partial charge is 0.497 e. The molecule has 0 saturated carbocycles. The molecule has 9 heteroatoms. The molecular formula is C22H18N4O4S. The van der Waals surface area contributed by atoms with Crippen molar-refractivity contribution in [3.8, 4) is 27.8 Å². The van der Waals surface area contributed by atoms with E-state index in [2.05, 4.69) is 15.2 Å². The van der Waals surface area contributed by atoms with Gasteiger partial charge in [0.25, 0.3) is 5.56 Å². The Hall–Kier alpha value is -3.72. The summed E-state index contributed by atoms with van der Waals surface area (Å²) in [7, 11) is 1.60. The number of aryl methyl sites for hydroxylation is 2. The van der Waals surface area contributed by atoms with E-state index in [0.717, 1.165) is 10.4 Å². The van der Waals surface area contributed by atoms with Gasteiger partial charge in [-0.05, 0) is 37.4 Å². The summed E-state index contributed by atoms with van der Waals surface area (Å²) in [5.41, 5.74) is 1.89. The van der Waals surface area contributed by atoms with E-state index < -0.39 is 0 Å². The molecule has 4 aromatic heterocycles. The molecule has 156 valence electrons. The predicted octanol–water partition coefficient (Wildman–Crippen LogP) is 4.44. The molecule has 0 aliphatic rings. The minimum Gasteiger partial charge on any atom is -0.497 e. The molecule has 0 radical (unpaired) electrons. The Balaban J connectivity index is 1.65. The van der Waals surface area contributed by atoms with Crippen LogP contribution in [-0.4, -0.2) is 27.0 Å². The van der Waals surface area contributed by atoms with Crippen molar-refractivity contribution < 1.29 is 13.7 Å². The lowest BCUT2D eigenvalue weighted by atomic mass is 10.1. The van der Waals surface area contributed by atoms with Crippen LogP contribution in [0.3, 0.4) is 0 Å². The highest BCUT2D eigenvalue weighted by molar-refractivity contribution is 7.13. The third kappa shape index (κ3) is 3.32. The number of thiophene rings is 1. The topological polar surface area (TPSA) is 96.2 Å². The summed E-state index contributed by atoms with van der Waals surface area (Å²) < 4.78 is 17.8. The van der Waals surface area contributed by atoms with Gasteiger partial charge < -0.3 is 13.7 Å². The van der Waals surface area contributed by atoms with Gasteiger partial charge in [0.05, 0.1) is 23.9 Å². The molecule has 8 nitrogen and oxygen atoms in total. The summed E-state index contributed by atoms with van der Waals surface area (Å²) in [5.74, 6) is 2.38. The van der Waals surface area contributed by atoms with Crippen molar-refractivity contribution in [3.05, 3.63) is 69.3 Å². The molecule has 0 aliphatic heterocycles. The van der Waals surface area contributed by atoms with E-state index in [9.17, 15) is 4.79 Å². The zero-order chi connectivity index (χ0) is 21.5. The molecule has 0 fully saturated rings. The van der Waals surface area contributed by atoms with Crippen LogP contribution >= 0.6 is 11.3 Å². The molecule has 1 aromatic carbocycles. The molecule has 4 heterocycles. The van der Waals surface area contributed by atoms with Crippen molar-refractivity contribution in [1.82, 2.24) is 19.9 Å². The van der Waals surface area contributed by atoms with Gasteiger partial charge in [-0.2, -0.15) is 5.10 Å². The van der Waals surface area contributed by atoms with Crippen LogP contribution in [-0.2, 0) is 6.54 Å². The lowest BCUT2D eigenvalue weighted by Crippen LogP contribution is -2.25. The Labute approximate surface area is 180 Å². The van der Waals surface area contributed by atoms with Crippen molar-refractivity contribution in [1.29, 1.82) is 0 Å². The molecule has 0 spiro atoms. The Bertz CT molecular complexity index is 1450. The van der Waals surface area contributed by atoms with Crippen LogP contribution in [0.1, 0.15) is 17.2 Å². The Kier molecular flexibility index (Phi) is 4.67. The smallest absolute Gasteiger partial charge is 0.297 e. The van der Waals surface area contributed by atoms with Gasteiger partial charge in [0.1, 0.15) is 28.7 Å². The number of methoxy groups -OCH3 is 1. The summed E-state index contributed by atoms with van der Waals surface area (Å²) >= 11 is 1.54. The summed E-state index contributed by atoms with van der Waals surface area (Å²) in [6.07, 6.45) is 0. The second kappa shape index (κ2) is 7.51. The summed E-state index contributed by atoms with van der Waals surface area (Å²) in [6.45, 7) is 3.74. The molecule has 0 aliphatic carbocycles. The van der Waals surface area contributed by atoms with Gasteiger partial charge >= 0.3 is 0 Å². The van der Waals surface area contributed by atoms with Gasteiger partial charge in [0.15, 0.2) is 5.52 Å². The number of aromatic nitrogens is 4. The number of fused-ring (bicyclic) bond motifs is 1. The van der Waals surface area contributed by atoms with Crippen LogP contribution in [0, 0.1) is 13.8 Å². The predicted molar refractivity (Wildman–Crippen MR) is 116 cm³/mol. The third-order valence-corrected chi connectivity index (χ3v) is 5.88. The van der Waals surface area contributed by atoms with Crippen LogP contribution in [0.5, 0.6) is 5.75 Å². The van der Waals surface area contributed by atoms with Crippen molar-refractivity contribution in [2.75, 3.05) is 7.11 Å². The maximum atomic E-state index is 13.1. The van der Waals surface area contributed by atoms with Gasteiger partial charge in [-0.25, -0.2) is 9.67 Å². The van der Waals surface area contributed by atoms with Gasteiger partial charge in [-0.3, -0.25) is 4.79 Å². The van der Waals surface area contributed by atoms with Crippen LogP contribution in [0.15, 0.2) is 55.5 Å². The number of hydrogen-bond acceptors (Lipinski definition) is 8. The first kappa shape index (κ1) is 19.3. The van der Waals surface area contributed by atoms with Gasteiger partial charge in [-0.1, -0.05) is 23.4 Å². The van der Waals surface area contributed by atoms with Crippen molar-refractivity contribution >= 4 is 22.2 Å². The fourth-order valence-electron chi connectivity index (χ4n) is 3.44. The summed E-state index contributed by atoms with van der Waals surface area (Å²) in [4.78, 5) is 18.6. The molecule has 0 bridgehead atoms. The molecule has 0 saturated heterocycles. The van der Waals surface area contributed by atoms with E-state index in [1.165, 1.54) is 4.68 Å². The monoisotopic (exact) mass is 434 g/mol.